The van der Waals surface area contributed by atoms with Gasteiger partial charge in [-0.05, 0) is 43.3 Å². The zero-order valence-corrected chi connectivity index (χ0v) is 10.4. The number of hydrogen-bond donors (Lipinski definition) is 2. The molecule has 0 atom stereocenters. The van der Waals surface area contributed by atoms with E-state index < -0.39 is 12.1 Å². The van der Waals surface area contributed by atoms with E-state index in [2.05, 4.69) is 0 Å². The summed E-state index contributed by atoms with van der Waals surface area (Å²) in [4.78, 5) is 11.3. The molecule has 0 unspecified atom stereocenters. The fraction of sp³-hybridized carbons (Fsp3) is 0.133. The molecule has 0 radical (unpaired) electrons. The van der Waals surface area contributed by atoms with E-state index in [9.17, 15) is 4.79 Å². The Balaban J connectivity index is 0.00000200. The molecular weight excluding hydrogens is 267 g/mol. The molecule has 0 aliphatic carbocycles. The average Bonchev–Trinajstić information content (AvgIpc) is 2.41. The van der Waals surface area contributed by atoms with Crippen LogP contribution in [0, 0.1) is 6.92 Å². The summed E-state index contributed by atoms with van der Waals surface area (Å²) < 4.78 is 5.59. The third-order valence-corrected chi connectivity index (χ3v) is 2.63. The Bertz CT molecular complexity index is 561. The van der Waals surface area contributed by atoms with Crippen molar-refractivity contribution < 1.29 is 19.7 Å². The molecule has 2 N–H and O–H groups in total. The van der Waals surface area contributed by atoms with Gasteiger partial charge in [0.2, 0.25) is 12.1 Å². The minimum absolute atomic E-state index is 0. The molecule has 0 aromatic heterocycles. The van der Waals surface area contributed by atoms with Crippen LogP contribution in [0.3, 0.4) is 0 Å². The number of aliphatic hydroxyl groups excluding tert-OH is 1. The van der Waals surface area contributed by atoms with Gasteiger partial charge in [-0.3, -0.25) is 4.79 Å². The maximum atomic E-state index is 11.3. The van der Waals surface area contributed by atoms with Crippen LogP contribution in [0.5, 0.6) is 11.5 Å². The molecule has 0 saturated carbocycles. The van der Waals surface area contributed by atoms with Gasteiger partial charge in [-0.15, -0.1) is 0 Å². The van der Waals surface area contributed by atoms with Crippen LogP contribution in [0.25, 0.3) is 0 Å². The van der Waals surface area contributed by atoms with E-state index in [1.807, 2.05) is 31.2 Å². The zero-order chi connectivity index (χ0) is 13.8. The summed E-state index contributed by atoms with van der Waals surface area (Å²) in [6.07, 6.45) is -1.98. The summed E-state index contributed by atoms with van der Waals surface area (Å²) in [5, 5.41) is 17.6. The predicted molar refractivity (Wildman–Crippen MR) is 77.4 cm³/mol. The molecule has 0 amide bonds. The number of rotatable bonds is 4. The van der Waals surface area contributed by atoms with Crippen molar-refractivity contribution in [3.05, 3.63) is 59.7 Å². The van der Waals surface area contributed by atoms with Gasteiger partial charge in [-0.2, -0.15) is 0 Å². The first-order valence-corrected chi connectivity index (χ1v) is 5.81. The van der Waals surface area contributed by atoms with E-state index in [1.54, 1.807) is 12.1 Å². The number of aliphatic hydroxyl groups is 2. The van der Waals surface area contributed by atoms with Crippen LogP contribution < -0.4 is 4.74 Å². The minimum atomic E-state index is -1.98. The third kappa shape index (κ3) is 4.44. The van der Waals surface area contributed by atoms with E-state index in [4.69, 9.17) is 14.9 Å². The number of carbonyl (C=O) groups excluding carboxylic acids is 1. The van der Waals surface area contributed by atoms with Crippen LogP contribution >= 0.6 is 0 Å². The van der Waals surface area contributed by atoms with Crippen molar-refractivity contribution in [2.24, 2.45) is 0 Å². The van der Waals surface area contributed by atoms with Crippen LogP contribution in [0.15, 0.2) is 48.5 Å². The SMILES string of the molecule is Cc1ccc(Oc2ccc(C(=O)C(O)O)cc2)cc1.[NaH]. The second-order valence-electron chi connectivity index (χ2n) is 4.18. The van der Waals surface area contributed by atoms with Crippen LogP contribution in [-0.2, 0) is 0 Å². The van der Waals surface area contributed by atoms with Gasteiger partial charge in [0.1, 0.15) is 11.5 Å². The summed E-state index contributed by atoms with van der Waals surface area (Å²) in [7, 11) is 0. The Morgan fingerprint density at radius 1 is 0.950 bits per heavy atom. The first-order valence-electron chi connectivity index (χ1n) is 5.81. The fourth-order valence-corrected chi connectivity index (χ4v) is 1.58. The Hall–Kier alpha value is -1.17. The molecule has 2 aromatic carbocycles. The number of aryl methyl sites for hydroxylation is 1. The van der Waals surface area contributed by atoms with Crippen molar-refractivity contribution in [2.45, 2.75) is 13.2 Å². The third-order valence-electron chi connectivity index (χ3n) is 2.63. The summed E-state index contributed by atoms with van der Waals surface area (Å²) in [5.74, 6) is 0.543. The summed E-state index contributed by atoms with van der Waals surface area (Å²) in [6, 6.07) is 13.8. The normalized spacial score (nSPS) is 10.0. The number of carbonyl (C=O) groups is 1. The van der Waals surface area contributed by atoms with E-state index >= 15 is 0 Å². The van der Waals surface area contributed by atoms with Crippen LogP contribution in [0.2, 0.25) is 0 Å². The summed E-state index contributed by atoms with van der Waals surface area (Å²) in [6.45, 7) is 1.99. The molecule has 20 heavy (non-hydrogen) atoms. The van der Waals surface area contributed by atoms with Gasteiger partial charge in [-0.25, -0.2) is 0 Å². The molecule has 0 heterocycles. The van der Waals surface area contributed by atoms with Gasteiger partial charge in [0, 0.05) is 5.56 Å². The van der Waals surface area contributed by atoms with Crippen molar-refractivity contribution >= 4 is 35.3 Å². The van der Waals surface area contributed by atoms with E-state index in [0.717, 1.165) is 5.56 Å². The Labute approximate surface area is 139 Å². The van der Waals surface area contributed by atoms with Gasteiger partial charge in [0.05, 0.1) is 0 Å². The molecule has 2 aromatic rings. The molecule has 0 aliphatic rings. The maximum absolute atomic E-state index is 11.3. The topological polar surface area (TPSA) is 66.8 Å². The van der Waals surface area contributed by atoms with Crippen molar-refractivity contribution in [3.8, 4) is 11.5 Å². The molecule has 4 nitrogen and oxygen atoms in total. The summed E-state index contributed by atoms with van der Waals surface area (Å²) in [5.41, 5.74) is 1.37. The number of hydrogen-bond acceptors (Lipinski definition) is 4. The molecule has 0 spiro atoms. The average molecular weight is 282 g/mol. The predicted octanol–water partition coefficient (Wildman–Crippen LogP) is 1.63. The molecule has 0 aliphatic heterocycles. The molecule has 0 fully saturated rings. The second kappa shape index (κ2) is 7.57. The zero-order valence-electron chi connectivity index (χ0n) is 10.4. The molecule has 0 saturated heterocycles. The van der Waals surface area contributed by atoms with E-state index in [-0.39, 0.29) is 35.1 Å². The number of Topliss-reactive ketones (excluding diaryl/α,β-unsaturated/α-hetero) is 1. The fourth-order valence-electron chi connectivity index (χ4n) is 1.58. The second-order valence-corrected chi connectivity index (χ2v) is 4.18. The van der Waals surface area contributed by atoms with E-state index in [1.165, 1.54) is 12.1 Å². The molecule has 2 rings (SSSR count). The molecular formula is C15H15NaO4. The first kappa shape index (κ1) is 16.9. The van der Waals surface area contributed by atoms with Crippen LogP contribution in [-0.4, -0.2) is 51.8 Å². The Kier molecular flexibility index (Phi) is 6.39. The van der Waals surface area contributed by atoms with Crippen molar-refractivity contribution in [1.82, 2.24) is 0 Å². The van der Waals surface area contributed by atoms with Crippen molar-refractivity contribution in [2.75, 3.05) is 0 Å². The van der Waals surface area contributed by atoms with Crippen LogP contribution in [0.4, 0.5) is 0 Å². The monoisotopic (exact) mass is 282 g/mol. The van der Waals surface area contributed by atoms with Gasteiger partial charge in [0.25, 0.3) is 0 Å². The molecule has 100 valence electrons. The number of ketones is 1. The standard InChI is InChI=1S/C15H14O4.Na.H/c1-10-2-6-12(7-3-10)19-13-8-4-11(5-9-13)14(16)15(17)18;;/h2-9,15,17-18H,1H3;;. The number of benzene rings is 2. The first-order chi connectivity index (χ1) is 9.06. The van der Waals surface area contributed by atoms with Gasteiger partial charge in [-0.1, -0.05) is 17.7 Å². The van der Waals surface area contributed by atoms with Gasteiger partial charge >= 0.3 is 29.6 Å². The van der Waals surface area contributed by atoms with Gasteiger partial charge in [0.15, 0.2) is 0 Å². The number of ether oxygens (including phenoxy) is 1. The van der Waals surface area contributed by atoms with E-state index in [0.29, 0.717) is 11.5 Å². The molecule has 5 heteroatoms. The Morgan fingerprint density at radius 3 is 1.85 bits per heavy atom. The van der Waals surface area contributed by atoms with Crippen molar-refractivity contribution in [3.63, 3.8) is 0 Å². The Morgan fingerprint density at radius 2 is 1.40 bits per heavy atom. The quantitative estimate of drug-likeness (QED) is 0.508. The van der Waals surface area contributed by atoms with Crippen molar-refractivity contribution in [1.29, 1.82) is 0 Å². The summed E-state index contributed by atoms with van der Waals surface area (Å²) >= 11 is 0. The van der Waals surface area contributed by atoms with Crippen LogP contribution in [0.1, 0.15) is 15.9 Å². The van der Waals surface area contributed by atoms with Gasteiger partial charge < -0.3 is 14.9 Å². The molecule has 0 bridgehead atoms.